The van der Waals surface area contributed by atoms with Crippen LogP contribution in [0.3, 0.4) is 0 Å². The van der Waals surface area contributed by atoms with Crippen molar-refractivity contribution in [1.82, 2.24) is 19.4 Å². The molecule has 8 heteroatoms. The number of fused-ring (bicyclic) bond motifs is 1. The first-order chi connectivity index (χ1) is 19.1. The van der Waals surface area contributed by atoms with Gasteiger partial charge in [-0.05, 0) is 43.7 Å². The molecule has 7 nitrogen and oxygen atoms in total. The van der Waals surface area contributed by atoms with E-state index in [1.165, 1.54) is 64.2 Å². The number of carbonyl (C=O) groups excluding carboxylic acids is 2. The summed E-state index contributed by atoms with van der Waals surface area (Å²) < 4.78 is 7.69. The molecule has 1 aliphatic carbocycles. The standard InChI is InChI=1S/C31H41ClN4O3/c32-29-28(33-27-11-7-10-25(36(27)29)22-8-5-3-1-2-4-6-9-22)23-12-14-24(15-13-23)30(37)34-17-19-35(20-18-34)31(38)26-16-21-39-26/h12-15,22,25-26H,1-11,16-21H2. The van der Waals surface area contributed by atoms with Crippen LogP contribution >= 0.6 is 11.6 Å². The van der Waals surface area contributed by atoms with Crippen LogP contribution < -0.4 is 0 Å². The normalized spacial score (nSPS) is 24.7. The number of carbonyl (C=O) groups is 2. The van der Waals surface area contributed by atoms with Crippen molar-refractivity contribution in [2.45, 2.75) is 89.2 Å². The summed E-state index contributed by atoms with van der Waals surface area (Å²) in [5.41, 5.74) is 2.46. The van der Waals surface area contributed by atoms with Crippen molar-refractivity contribution in [3.05, 3.63) is 40.8 Å². The highest BCUT2D eigenvalue weighted by Crippen LogP contribution is 2.42. The smallest absolute Gasteiger partial charge is 0.253 e. The number of piperazine rings is 1. The number of benzene rings is 1. The summed E-state index contributed by atoms with van der Waals surface area (Å²) in [4.78, 5) is 34.3. The Balaban J connectivity index is 1.13. The van der Waals surface area contributed by atoms with E-state index in [4.69, 9.17) is 21.3 Å². The van der Waals surface area contributed by atoms with Crippen LogP contribution in [0.4, 0.5) is 0 Å². The van der Waals surface area contributed by atoms with Gasteiger partial charge in [0.15, 0.2) is 0 Å². The van der Waals surface area contributed by atoms with Gasteiger partial charge < -0.3 is 19.1 Å². The second-order valence-electron chi connectivity index (χ2n) is 11.8. The minimum atomic E-state index is -0.281. The van der Waals surface area contributed by atoms with E-state index >= 15 is 0 Å². The molecule has 4 heterocycles. The number of rotatable bonds is 4. The van der Waals surface area contributed by atoms with Gasteiger partial charge in [-0.25, -0.2) is 4.98 Å². The summed E-state index contributed by atoms with van der Waals surface area (Å²) in [6.07, 6.45) is 14.6. The molecule has 2 unspecified atom stereocenters. The highest BCUT2D eigenvalue weighted by Gasteiger charge is 2.34. The number of ether oxygens (including phenoxy) is 1. The van der Waals surface area contributed by atoms with Gasteiger partial charge in [-0.3, -0.25) is 9.59 Å². The summed E-state index contributed by atoms with van der Waals surface area (Å²) in [7, 11) is 0. The summed E-state index contributed by atoms with van der Waals surface area (Å²) in [5.74, 6) is 1.86. The Labute approximate surface area is 236 Å². The molecule has 2 atom stereocenters. The van der Waals surface area contributed by atoms with Gasteiger partial charge in [0.05, 0.1) is 6.61 Å². The molecule has 0 radical (unpaired) electrons. The molecule has 6 rings (SSSR count). The molecule has 0 spiro atoms. The van der Waals surface area contributed by atoms with E-state index in [2.05, 4.69) is 4.57 Å². The Morgan fingerprint density at radius 3 is 2.10 bits per heavy atom. The highest BCUT2D eigenvalue weighted by atomic mass is 35.5. The van der Waals surface area contributed by atoms with Gasteiger partial charge in [0, 0.05) is 56.2 Å². The maximum Gasteiger partial charge on any atom is 0.253 e. The van der Waals surface area contributed by atoms with Crippen LogP contribution in [0.25, 0.3) is 11.3 Å². The summed E-state index contributed by atoms with van der Waals surface area (Å²) in [6.45, 7) is 2.86. The Bertz CT molecular complexity index is 1160. The van der Waals surface area contributed by atoms with Gasteiger partial charge >= 0.3 is 0 Å². The quantitative estimate of drug-likeness (QED) is 0.473. The Kier molecular flexibility index (Phi) is 8.26. The van der Waals surface area contributed by atoms with Crippen LogP contribution in [-0.4, -0.2) is 70.1 Å². The molecule has 1 aromatic carbocycles. The first kappa shape index (κ1) is 26.8. The Morgan fingerprint density at radius 2 is 1.46 bits per heavy atom. The van der Waals surface area contributed by atoms with Crippen LogP contribution in [0.15, 0.2) is 24.3 Å². The minimum Gasteiger partial charge on any atom is -0.368 e. The fourth-order valence-electron chi connectivity index (χ4n) is 6.96. The van der Waals surface area contributed by atoms with E-state index in [9.17, 15) is 9.59 Å². The lowest BCUT2D eigenvalue weighted by Crippen LogP contribution is -2.54. The monoisotopic (exact) mass is 552 g/mol. The molecule has 3 aliphatic heterocycles. The summed E-state index contributed by atoms with van der Waals surface area (Å²) in [5, 5.41) is 0.755. The van der Waals surface area contributed by atoms with E-state index in [-0.39, 0.29) is 17.9 Å². The van der Waals surface area contributed by atoms with Crippen LogP contribution in [0.2, 0.25) is 5.15 Å². The third-order valence-corrected chi connectivity index (χ3v) is 9.72. The SMILES string of the molecule is O=C(c1ccc(-c2nc3n(c2Cl)C(C2CCCCCCCC2)CCC3)cc1)N1CCN(C(=O)C2CCO2)CC1. The molecular weight excluding hydrogens is 512 g/mol. The van der Waals surface area contributed by atoms with E-state index in [1.54, 1.807) is 0 Å². The Morgan fingerprint density at radius 1 is 0.821 bits per heavy atom. The number of hydrogen-bond donors (Lipinski definition) is 0. The van der Waals surface area contributed by atoms with Crippen molar-refractivity contribution >= 4 is 23.4 Å². The van der Waals surface area contributed by atoms with Crippen molar-refractivity contribution in [3.8, 4) is 11.3 Å². The lowest BCUT2D eigenvalue weighted by atomic mass is 9.85. The summed E-state index contributed by atoms with van der Waals surface area (Å²) in [6, 6.07) is 8.19. The molecular formula is C31H41ClN4O3. The third-order valence-electron chi connectivity index (χ3n) is 9.36. The number of aryl methyl sites for hydroxylation is 1. The topological polar surface area (TPSA) is 67.7 Å². The molecule has 39 heavy (non-hydrogen) atoms. The van der Waals surface area contributed by atoms with Crippen LogP contribution in [0.1, 0.15) is 92.9 Å². The van der Waals surface area contributed by atoms with Crippen molar-refractivity contribution in [2.75, 3.05) is 32.8 Å². The largest absolute Gasteiger partial charge is 0.368 e. The van der Waals surface area contributed by atoms with Gasteiger partial charge in [-0.15, -0.1) is 0 Å². The first-order valence-electron chi connectivity index (χ1n) is 15.2. The predicted molar refractivity (Wildman–Crippen MR) is 152 cm³/mol. The van der Waals surface area contributed by atoms with E-state index < -0.39 is 0 Å². The summed E-state index contributed by atoms with van der Waals surface area (Å²) >= 11 is 7.08. The molecule has 2 aromatic rings. The van der Waals surface area contributed by atoms with Crippen LogP contribution in [0, 0.1) is 5.92 Å². The van der Waals surface area contributed by atoms with Crippen molar-refractivity contribution in [1.29, 1.82) is 0 Å². The number of hydrogen-bond acceptors (Lipinski definition) is 4. The lowest BCUT2D eigenvalue weighted by Gasteiger charge is -2.38. The second-order valence-corrected chi connectivity index (χ2v) is 12.2. The number of aromatic nitrogens is 2. The van der Waals surface area contributed by atoms with Gasteiger partial charge in [-0.1, -0.05) is 62.3 Å². The number of nitrogens with zero attached hydrogens (tertiary/aromatic N) is 4. The van der Waals surface area contributed by atoms with Gasteiger partial charge in [0.1, 0.15) is 22.8 Å². The molecule has 2 amide bonds. The average Bonchev–Trinajstić information content (AvgIpc) is 3.35. The third kappa shape index (κ3) is 5.62. The first-order valence-corrected chi connectivity index (χ1v) is 15.5. The maximum absolute atomic E-state index is 13.2. The fourth-order valence-corrected chi connectivity index (χ4v) is 7.34. The molecule has 0 bridgehead atoms. The maximum atomic E-state index is 13.2. The molecule has 1 aromatic heterocycles. The molecule has 0 N–H and O–H groups in total. The molecule has 1 saturated carbocycles. The Hall–Kier alpha value is -2.38. The van der Waals surface area contributed by atoms with Gasteiger partial charge in [0.2, 0.25) is 0 Å². The zero-order valence-corrected chi connectivity index (χ0v) is 23.7. The van der Waals surface area contributed by atoms with Crippen LogP contribution in [0.5, 0.6) is 0 Å². The fraction of sp³-hybridized carbons (Fsp3) is 0.645. The highest BCUT2D eigenvalue weighted by molar-refractivity contribution is 6.32. The van der Waals surface area contributed by atoms with E-state index in [1.807, 2.05) is 34.1 Å². The zero-order chi connectivity index (χ0) is 26.8. The average molecular weight is 553 g/mol. The predicted octanol–water partition coefficient (Wildman–Crippen LogP) is 5.90. The van der Waals surface area contributed by atoms with Crippen LogP contribution in [-0.2, 0) is 16.0 Å². The van der Waals surface area contributed by atoms with Gasteiger partial charge in [0.25, 0.3) is 11.8 Å². The second kappa shape index (κ2) is 12.0. The zero-order valence-electron chi connectivity index (χ0n) is 23.0. The number of halogens is 1. The molecule has 2 saturated heterocycles. The molecule has 4 aliphatic rings. The van der Waals surface area contributed by atoms with E-state index in [0.29, 0.717) is 50.3 Å². The van der Waals surface area contributed by atoms with Crippen molar-refractivity contribution in [3.63, 3.8) is 0 Å². The lowest BCUT2D eigenvalue weighted by molar-refractivity contribution is -0.157. The van der Waals surface area contributed by atoms with E-state index in [0.717, 1.165) is 35.1 Å². The molecule has 210 valence electrons. The van der Waals surface area contributed by atoms with Gasteiger partial charge in [-0.2, -0.15) is 0 Å². The number of amides is 2. The van der Waals surface area contributed by atoms with Crippen molar-refractivity contribution in [2.24, 2.45) is 5.92 Å². The minimum absolute atomic E-state index is 0.00374. The molecule has 3 fully saturated rings. The van der Waals surface area contributed by atoms with Crippen molar-refractivity contribution < 1.29 is 14.3 Å². The number of imidazole rings is 1.